The van der Waals surface area contributed by atoms with Crippen molar-refractivity contribution in [2.75, 3.05) is 68.4 Å². The number of unbranched alkanes of at least 4 members (excludes halogenated alkanes) is 5. The molecule has 3 aromatic carbocycles. The van der Waals surface area contributed by atoms with Crippen LogP contribution in [0.2, 0.25) is 0 Å². The monoisotopic (exact) mass is 1320 g/mol. The molecule has 2 aromatic heterocycles. The Balaban J connectivity index is 0.677. The number of phosphoric acid groups is 3. The number of aliphatic hydroxyl groups is 2. The predicted molar refractivity (Wildman–Crippen MR) is 316 cm³/mol. The first-order chi connectivity index (χ1) is 41.8. The van der Waals surface area contributed by atoms with Crippen molar-refractivity contribution in [1.82, 2.24) is 34.1 Å². The van der Waals surface area contributed by atoms with E-state index in [-0.39, 0.29) is 46.7 Å². The summed E-state index contributed by atoms with van der Waals surface area (Å²) in [5.74, 6) is 1.28. The van der Waals surface area contributed by atoms with E-state index >= 15 is 0 Å². The van der Waals surface area contributed by atoms with E-state index in [2.05, 4.69) is 65.1 Å². The van der Waals surface area contributed by atoms with Crippen LogP contribution in [0.5, 0.6) is 11.5 Å². The molecule has 12 N–H and O–H groups in total. The molecule has 6 atom stereocenters. The number of hydrogen-bond acceptors (Lipinski definition) is 21. The second-order valence-electron chi connectivity index (χ2n) is 22.5. The van der Waals surface area contributed by atoms with E-state index in [0.29, 0.717) is 74.3 Å². The zero-order valence-electron chi connectivity index (χ0n) is 47.6. The number of phosphoric ester groups is 1. The molecular weight excluding hydrogens is 1250 g/mol. The lowest BCUT2D eigenvalue weighted by molar-refractivity contribution is -0.121. The fraction of sp³-hybridized carbons (Fsp3) is 0.528. The van der Waals surface area contributed by atoms with Crippen LogP contribution in [0.1, 0.15) is 117 Å². The summed E-state index contributed by atoms with van der Waals surface area (Å²) < 4.78 is 132. The van der Waals surface area contributed by atoms with Crippen LogP contribution in [0.3, 0.4) is 0 Å². The second-order valence-corrected chi connectivity index (χ2v) is 30.1. The first-order valence-electron chi connectivity index (χ1n) is 29.1. The third-order valence-electron chi connectivity index (χ3n) is 16.5. The molecule has 1 amide bonds. The first kappa shape index (κ1) is 64.2. The summed E-state index contributed by atoms with van der Waals surface area (Å²) in [6, 6.07) is 8.05. The molecule has 6 aliphatic heterocycles. The van der Waals surface area contributed by atoms with Crippen LogP contribution in [0.15, 0.2) is 46.5 Å². The van der Waals surface area contributed by atoms with Crippen LogP contribution in [-0.2, 0) is 82.2 Å². The summed E-state index contributed by atoms with van der Waals surface area (Å²) in [5.41, 5.74) is 13.7. The molecule has 0 saturated carbocycles. The van der Waals surface area contributed by atoms with Gasteiger partial charge >= 0.3 is 23.5 Å². The third kappa shape index (κ3) is 13.8. The summed E-state index contributed by atoms with van der Waals surface area (Å²) in [4.78, 5) is 64.0. The molecule has 88 heavy (non-hydrogen) atoms. The first-order valence-corrected chi connectivity index (χ1v) is 36.6. The van der Waals surface area contributed by atoms with Crippen molar-refractivity contribution >= 4 is 83.7 Å². The van der Waals surface area contributed by atoms with Crippen LogP contribution in [0.25, 0.3) is 16.7 Å². The van der Waals surface area contributed by atoms with Crippen LogP contribution >= 0.6 is 23.5 Å². The molecule has 1 saturated heterocycles. The molecule has 11 rings (SSSR count). The average molecular weight is 1320 g/mol. The molecule has 0 spiro atoms. The van der Waals surface area contributed by atoms with E-state index in [4.69, 9.17) is 25.0 Å². The van der Waals surface area contributed by atoms with E-state index < -0.39 is 79.7 Å². The van der Waals surface area contributed by atoms with Gasteiger partial charge in [-0.3, -0.25) is 18.4 Å². The molecular formula is C53H70N10O20P3S2+. The highest BCUT2D eigenvalue weighted by Gasteiger charge is 2.48. The molecule has 6 aliphatic rings. The summed E-state index contributed by atoms with van der Waals surface area (Å²) in [6.07, 6.45) is 5.80. The van der Waals surface area contributed by atoms with Crippen molar-refractivity contribution in [2.45, 2.75) is 137 Å². The molecule has 35 heteroatoms. The highest BCUT2D eigenvalue weighted by molar-refractivity contribution is 7.89. The zero-order valence-corrected chi connectivity index (χ0v) is 51.9. The number of sulfonamides is 1. The number of fused-ring (bicyclic) bond motifs is 5. The Hall–Kier alpha value is -5.34. The maximum Gasteiger partial charge on any atom is 0.490 e. The van der Waals surface area contributed by atoms with Gasteiger partial charge in [0, 0.05) is 90.7 Å². The van der Waals surface area contributed by atoms with Gasteiger partial charge in [-0.1, -0.05) is 25.3 Å². The number of amides is 1. The molecule has 30 nitrogen and oxygen atoms in total. The molecule has 0 radical (unpaired) electrons. The van der Waals surface area contributed by atoms with Gasteiger partial charge in [-0.2, -0.15) is 17.0 Å². The standard InChI is InChI=1S/C53H69N10O20P3S2/c54-50-43-51(58-30-57-50)63(52-47(66)46(65)39(80-52)29-79-85(70,71)83-86(72,73)82-84(67,68)69)53(60-43)56-20-6-2-1-5-19-55-41(64)16-4-3-7-21-59-87(74,75)40-28-33(88(76,77)78)17-18-34(40)42-37-26-31-12-8-22-61-24-10-14-35(44(31)61)48(37)81-49-36-15-11-25-62-23-9-13-32(45(36)62)27-38(42)49/h17-18,26-28,30,39,46-47,52,59,65-66H,1-16,19-25,29H2,(H8-,54,55,56,57,58,60,64,67,68,69,70,71,72,73,76,77,78)/p+1/t39-,46-,47-,52-/m1/s1. The molecule has 5 aromatic rings. The molecule has 8 heterocycles. The Kier molecular flexibility index (Phi) is 18.8. The molecule has 478 valence electrons. The van der Waals surface area contributed by atoms with Gasteiger partial charge in [-0.15, -0.1) is 0 Å². The minimum Gasteiger partial charge on any atom is -0.455 e. The normalized spacial score (nSPS) is 21.2. The van der Waals surface area contributed by atoms with Crippen molar-refractivity contribution < 1.29 is 92.3 Å². The molecule has 1 fully saturated rings. The highest BCUT2D eigenvalue weighted by atomic mass is 32.2. The van der Waals surface area contributed by atoms with Gasteiger partial charge < -0.3 is 60.5 Å². The number of rotatable bonds is 26. The number of aromatic nitrogens is 4. The number of nitrogens with two attached hydrogens (primary N) is 1. The summed E-state index contributed by atoms with van der Waals surface area (Å²) >= 11 is 0. The lowest BCUT2D eigenvalue weighted by Gasteiger charge is -2.39. The van der Waals surface area contributed by atoms with E-state index in [0.717, 1.165) is 118 Å². The Morgan fingerprint density at radius 2 is 1.49 bits per heavy atom. The fourth-order valence-corrected chi connectivity index (χ4v) is 17.7. The maximum absolute atomic E-state index is 14.7. The van der Waals surface area contributed by atoms with Crippen molar-refractivity contribution in [3.05, 3.63) is 80.6 Å². The van der Waals surface area contributed by atoms with Crippen LogP contribution in [0.4, 0.5) is 17.5 Å². The number of benzene rings is 3. The highest BCUT2D eigenvalue weighted by Crippen LogP contribution is 2.66. The molecule has 2 unspecified atom stereocenters. The van der Waals surface area contributed by atoms with Crippen molar-refractivity contribution in [3.63, 3.8) is 0 Å². The SMILES string of the molecule is Nc1ncnc2c1nc(NCCCCCCNC(=O)CCCCCNS(=O)(=O)c1cc(S(=O)(=O)O)ccc1C1=c3cc4c5c(c3Oc3c1cc1c6c3CCCN6CCC1)CCC[N+]=5CCC4)n2[C@@H]1O[C@H](COP(=O)(O)OP(=O)(O)OP(=O)(O)O)[C@@H](O)[C@H]1O. The Morgan fingerprint density at radius 3 is 2.25 bits per heavy atom. The largest absolute Gasteiger partial charge is 0.490 e. The van der Waals surface area contributed by atoms with Crippen molar-refractivity contribution in [3.8, 4) is 11.5 Å². The van der Waals surface area contributed by atoms with Crippen molar-refractivity contribution in [1.29, 1.82) is 0 Å². The lowest BCUT2D eigenvalue weighted by atomic mass is 9.82. The molecule has 0 bridgehead atoms. The smallest absolute Gasteiger partial charge is 0.455 e. The van der Waals surface area contributed by atoms with E-state index in [1.165, 1.54) is 38.9 Å². The number of carbonyl (C=O) groups is 1. The predicted octanol–water partition coefficient (Wildman–Crippen LogP) is 2.68. The van der Waals surface area contributed by atoms with Crippen LogP contribution in [-0.4, -0.2) is 147 Å². The Morgan fingerprint density at radius 1 is 0.784 bits per heavy atom. The van der Waals surface area contributed by atoms with E-state index in [1.807, 2.05) is 0 Å². The number of nitrogens with zero attached hydrogens (tertiary/aromatic N) is 6. The summed E-state index contributed by atoms with van der Waals surface area (Å²) in [6.45, 7) is 3.44. The number of nitrogen functional groups attached to an aromatic ring is 1. The number of aliphatic hydroxyl groups excluding tert-OH is 2. The summed E-state index contributed by atoms with van der Waals surface area (Å²) in [7, 11) is -26.3. The minimum atomic E-state index is -5.83. The number of hydrogen-bond donors (Lipinski definition) is 11. The maximum atomic E-state index is 14.7. The molecule has 0 aliphatic carbocycles. The van der Waals surface area contributed by atoms with Crippen LogP contribution in [0, 0.1) is 0 Å². The van der Waals surface area contributed by atoms with Gasteiger partial charge in [0.25, 0.3) is 10.1 Å². The number of ether oxygens (including phenoxy) is 2. The number of aryl methyl sites for hydroxylation is 2. The topological polar surface area (TPSA) is 436 Å². The van der Waals surface area contributed by atoms with E-state index in [9.17, 15) is 59.9 Å². The quantitative estimate of drug-likeness (QED) is 0.0161. The number of imidazole rings is 1. The zero-order chi connectivity index (χ0) is 62.5. The average Bonchev–Trinajstić information content (AvgIpc) is 0.848. The van der Waals surface area contributed by atoms with Gasteiger partial charge in [0.05, 0.1) is 22.0 Å². The van der Waals surface area contributed by atoms with Crippen molar-refractivity contribution in [2.24, 2.45) is 0 Å². The van der Waals surface area contributed by atoms with Gasteiger partial charge in [0.2, 0.25) is 27.2 Å². The van der Waals surface area contributed by atoms with Gasteiger partial charge in [-0.05, 0) is 94.0 Å². The third-order valence-corrected chi connectivity index (χ3v) is 22.6. The Labute approximate surface area is 505 Å². The van der Waals surface area contributed by atoms with E-state index in [1.54, 1.807) is 0 Å². The number of carbonyl (C=O) groups excluding carboxylic acids is 1. The van der Waals surface area contributed by atoms with Gasteiger partial charge in [0.1, 0.15) is 49.2 Å². The number of anilines is 3. The van der Waals surface area contributed by atoms with Gasteiger partial charge in [0.15, 0.2) is 23.2 Å². The number of nitrogens with one attached hydrogen (secondary N) is 3. The second kappa shape index (κ2) is 25.7. The minimum absolute atomic E-state index is 0.00578. The lowest BCUT2D eigenvalue weighted by Crippen LogP contribution is -2.45. The summed E-state index contributed by atoms with van der Waals surface area (Å²) in [5, 5.41) is 29.8. The fourth-order valence-electron chi connectivity index (χ4n) is 12.7. The van der Waals surface area contributed by atoms with Crippen LogP contribution < -0.4 is 45.9 Å². The Bertz CT molecular complexity index is 4090. The van der Waals surface area contributed by atoms with Gasteiger partial charge in [-0.25, -0.2) is 46.4 Å².